The average molecular weight is 451 g/mol. The van der Waals surface area contributed by atoms with Crippen molar-refractivity contribution in [2.45, 2.75) is 52.2 Å². The van der Waals surface area contributed by atoms with Crippen LogP contribution >= 0.6 is 11.3 Å². The summed E-state index contributed by atoms with van der Waals surface area (Å²) in [4.78, 5) is 15.0. The molecular weight excluding hydrogens is 420 g/mol. The van der Waals surface area contributed by atoms with Gasteiger partial charge in [-0.2, -0.15) is 0 Å². The molecule has 1 aromatic heterocycles. The SMILES string of the molecule is CCOC(=O)C(OC(C)(C)C)c1sc(-c2ccccc2)cc1-c1ccc2c(c1)CCCO2. The minimum atomic E-state index is -0.792. The second-order valence-corrected chi connectivity index (χ2v) is 9.98. The van der Waals surface area contributed by atoms with Crippen molar-refractivity contribution in [3.8, 4) is 27.3 Å². The maximum Gasteiger partial charge on any atom is 0.340 e. The van der Waals surface area contributed by atoms with Gasteiger partial charge in [-0.05, 0) is 81.0 Å². The number of hydrogen-bond donors (Lipinski definition) is 0. The van der Waals surface area contributed by atoms with Gasteiger partial charge < -0.3 is 14.2 Å². The smallest absolute Gasteiger partial charge is 0.340 e. The summed E-state index contributed by atoms with van der Waals surface area (Å²) in [5, 5.41) is 0. The van der Waals surface area contributed by atoms with Crippen LogP contribution < -0.4 is 4.74 Å². The van der Waals surface area contributed by atoms with Gasteiger partial charge in [-0.3, -0.25) is 0 Å². The molecule has 4 nitrogen and oxygen atoms in total. The number of rotatable bonds is 6. The van der Waals surface area contributed by atoms with Gasteiger partial charge in [-0.1, -0.05) is 36.4 Å². The number of benzene rings is 2. The molecule has 1 atom stereocenters. The third-order valence-electron chi connectivity index (χ3n) is 5.25. The van der Waals surface area contributed by atoms with Crippen LogP contribution in [0.2, 0.25) is 0 Å². The van der Waals surface area contributed by atoms with Crippen LogP contribution in [0.5, 0.6) is 5.75 Å². The Bertz CT molecular complexity index is 1080. The zero-order valence-electron chi connectivity index (χ0n) is 19.1. The summed E-state index contributed by atoms with van der Waals surface area (Å²) in [5.41, 5.74) is 3.88. The van der Waals surface area contributed by atoms with Gasteiger partial charge in [-0.15, -0.1) is 11.3 Å². The number of thiophene rings is 1. The van der Waals surface area contributed by atoms with E-state index in [0.29, 0.717) is 6.61 Å². The summed E-state index contributed by atoms with van der Waals surface area (Å²) in [6.07, 6.45) is 1.22. The second kappa shape index (κ2) is 9.47. The van der Waals surface area contributed by atoms with Crippen LogP contribution in [0.3, 0.4) is 0 Å². The molecule has 0 N–H and O–H groups in total. The van der Waals surface area contributed by atoms with Gasteiger partial charge in [0.25, 0.3) is 0 Å². The number of fused-ring (bicyclic) bond motifs is 1. The van der Waals surface area contributed by atoms with E-state index in [4.69, 9.17) is 14.2 Å². The Labute approximate surface area is 194 Å². The zero-order chi connectivity index (χ0) is 22.7. The van der Waals surface area contributed by atoms with E-state index in [2.05, 4.69) is 30.3 Å². The molecule has 0 fully saturated rings. The van der Waals surface area contributed by atoms with E-state index in [1.807, 2.05) is 52.0 Å². The molecular formula is C27H30O4S. The lowest BCUT2D eigenvalue weighted by Gasteiger charge is -2.26. The first-order chi connectivity index (χ1) is 15.4. The second-order valence-electron chi connectivity index (χ2n) is 8.89. The van der Waals surface area contributed by atoms with Gasteiger partial charge >= 0.3 is 5.97 Å². The Hall–Kier alpha value is -2.63. The molecule has 0 bridgehead atoms. The predicted octanol–water partition coefficient (Wildman–Crippen LogP) is 6.83. The lowest BCUT2D eigenvalue weighted by atomic mass is 9.97. The molecule has 4 rings (SSSR count). The monoisotopic (exact) mass is 450 g/mol. The molecule has 0 radical (unpaired) electrons. The molecule has 1 aliphatic heterocycles. The van der Waals surface area contributed by atoms with E-state index in [1.165, 1.54) is 5.56 Å². The summed E-state index contributed by atoms with van der Waals surface area (Å²) in [6, 6.07) is 18.7. The van der Waals surface area contributed by atoms with Crippen LogP contribution in [0.25, 0.3) is 21.6 Å². The van der Waals surface area contributed by atoms with Gasteiger partial charge in [0.2, 0.25) is 0 Å². The Balaban J connectivity index is 1.85. The minimum Gasteiger partial charge on any atom is -0.493 e. The summed E-state index contributed by atoms with van der Waals surface area (Å²) in [5.74, 6) is 0.597. The molecule has 32 heavy (non-hydrogen) atoms. The van der Waals surface area contributed by atoms with Crippen molar-refractivity contribution in [2.75, 3.05) is 13.2 Å². The van der Waals surface area contributed by atoms with Gasteiger partial charge in [0.05, 0.1) is 23.7 Å². The van der Waals surface area contributed by atoms with Gasteiger partial charge in [0.15, 0.2) is 6.10 Å². The normalized spacial score (nSPS) is 14.4. The van der Waals surface area contributed by atoms with Crippen LogP contribution in [0.15, 0.2) is 54.6 Å². The van der Waals surface area contributed by atoms with Crippen molar-refractivity contribution in [2.24, 2.45) is 0 Å². The van der Waals surface area contributed by atoms with E-state index >= 15 is 0 Å². The van der Waals surface area contributed by atoms with Gasteiger partial charge in [0.1, 0.15) is 5.75 Å². The molecule has 3 aromatic rings. The highest BCUT2D eigenvalue weighted by Gasteiger charge is 2.33. The van der Waals surface area contributed by atoms with Crippen LogP contribution in [0.1, 0.15) is 50.7 Å². The first-order valence-electron chi connectivity index (χ1n) is 11.2. The van der Waals surface area contributed by atoms with E-state index in [-0.39, 0.29) is 5.97 Å². The van der Waals surface area contributed by atoms with Crippen molar-refractivity contribution < 1.29 is 19.0 Å². The average Bonchev–Trinajstić information content (AvgIpc) is 3.22. The molecule has 0 saturated carbocycles. The highest BCUT2D eigenvalue weighted by atomic mass is 32.1. The van der Waals surface area contributed by atoms with Crippen molar-refractivity contribution in [3.63, 3.8) is 0 Å². The number of carbonyl (C=O) groups is 1. The number of hydrogen-bond acceptors (Lipinski definition) is 5. The molecule has 0 saturated heterocycles. The number of esters is 1. The molecule has 1 aliphatic rings. The highest BCUT2D eigenvalue weighted by molar-refractivity contribution is 7.16. The lowest BCUT2D eigenvalue weighted by Crippen LogP contribution is -2.28. The van der Waals surface area contributed by atoms with Crippen molar-refractivity contribution >= 4 is 17.3 Å². The molecule has 0 aliphatic carbocycles. The largest absolute Gasteiger partial charge is 0.493 e. The highest BCUT2D eigenvalue weighted by Crippen LogP contribution is 2.44. The summed E-state index contributed by atoms with van der Waals surface area (Å²) < 4.78 is 17.5. The Morgan fingerprint density at radius 2 is 1.88 bits per heavy atom. The summed E-state index contributed by atoms with van der Waals surface area (Å²) >= 11 is 1.59. The first-order valence-corrected chi connectivity index (χ1v) is 12.0. The first kappa shape index (κ1) is 22.6. The Kier molecular flexibility index (Phi) is 6.68. The van der Waals surface area contributed by atoms with Crippen LogP contribution in [0, 0.1) is 0 Å². The maximum absolute atomic E-state index is 13.0. The summed E-state index contributed by atoms with van der Waals surface area (Å²) in [7, 11) is 0. The standard InChI is InChI=1S/C27H30O4S/c1-5-29-26(28)24(31-27(2,3)4)25-21(17-23(32-25)18-10-7-6-8-11-18)19-13-14-22-20(16-19)12-9-15-30-22/h6-8,10-11,13-14,16-17,24H,5,9,12,15H2,1-4H3. The summed E-state index contributed by atoms with van der Waals surface area (Å²) in [6.45, 7) is 8.77. The fourth-order valence-corrected chi connectivity index (χ4v) is 5.08. The van der Waals surface area contributed by atoms with Crippen molar-refractivity contribution in [3.05, 3.63) is 65.0 Å². The minimum absolute atomic E-state index is 0.311. The van der Waals surface area contributed by atoms with Crippen LogP contribution in [-0.4, -0.2) is 24.8 Å². The molecule has 1 unspecified atom stereocenters. The molecule has 2 aromatic carbocycles. The maximum atomic E-state index is 13.0. The molecule has 0 amide bonds. The number of ether oxygens (including phenoxy) is 3. The quantitative estimate of drug-likeness (QED) is 0.386. The van der Waals surface area contributed by atoms with Crippen molar-refractivity contribution in [1.29, 1.82) is 0 Å². The van der Waals surface area contributed by atoms with Gasteiger partial charge in [-0.25, -0.2) is 4.79 Å². The van der Waals surface area contributed by atoms with Gasteiger partial charge in [0, 0.05) is 4.88 Å². The van der Waals surface area contributed by atoms with E-state index in [0.717, 1.165) is 51.6 Å². The van der Waals surface area contributed by atoms with Crippen LogP contribution in [-0.2, 0) is 20.7 Å². The zero-order valence-corrected chi connectivity index (χ0v) is 20.0. The third kappa shape index (κ3) is 5.05. The van der Waals surface area contributed by atoms with E-state index in [9.17, 15) is 4.79 Å². The van der Waals surface area contributed by atoms with E-state index in [1.54, 1.807) is 11.3 Å². The fraction of sp³-hybridized carbons (Fsp3) is 0.370. The van der Waals surface area contributed by atoms with Crippen LogP contribution in [0.4, 0.5) is 0 Å². The molecule has 2 heterocycles. The Morgan fingerprint density at radius 3 is 2.59 bits per heavy atom. The van der Waals surface area contributed by atoms with E-state index < -0.39 is 11.7 Å². The third-order valence-corrected chi connectivity index (χ3v) is 6.48. The predicted molar refractivity (Wildman–Crippen MR) is 129 cm³/mol. The topological polar surface area (TPSA) is 44.8 Å². The lowest BCUT2D eigenvalue weighted by molar-refractivity contribution is -0.166. The van der Waals surface area contributed by atoms with Crippen molar-refractivity contribution in [1.82, 2.24) is 0 Å². The molecule has 168 valence electrons. The molecule has 5 heteroatoms. The Morgan fingerprint density at radius 1 is 1.09 bits per heavy atom. The number of aryl methyl sites for hydroxylation is 1. The molecule has 0 spiro atoms. The fourth-order valence-electron chi connectivity index (χ4n) is 3.88. The number of carbonyl (C=O) groups excluding carboxylic acids is 1.